The first kappa shape index (κ1) is 43.4. The highest BCUT2D eigenvalue weighted by Crippen LogP contribution is 2.29. The molecular formula is C37H61N5O9. The van der Waals surface area contributed by atoms with Gasteiger partial charge in [0.25, 0.3) is 0 Å². The first-order valence-electron chi connectivity index (χ1n) is 17.9. The molecule has 51 heavy (non-hydrogen) atoms. The van der Waals surface area contributed by atoms with Gasteiger partial charge in [0.15, 0.2) is 0 Å². The van der Waals surface area contributed by atoms with Crippen LogP contribution in [0.1, 0.15) is 65.9 Å². The standard InChI is InChI=1S/C37H61N5O9/c1-11-23(4)33(41(7)31(44)21-39-36(46)32(38-6)22(2)3)29(50-9)20-30(43)42-18-14-16-27(42)34(51-10)24(5)35(45)40-26(37(47)48)19-25-15-12-13-17-28(25)49-8/h12-13,15,17,22-24,26-27,29,32-34,38H,11,14,16,18-21H2,1-10H3,(H,39,46)(H,40,45)(H,47,48)/t23-,24+,26-,27-,29?,32-,33-,34?/m0/s1. The molecule has 4 N–H and O–H groups in total. The van der Waals surface area contributed by atoms with Crippen LogP contribution in [-0.4, -0.2) is 129 Å². The number of carbonyl (C=O) groups is 5. The summed E-state index contributed by atoms with van der Waals surface area (Å²) in [7, 11) is 7.86. The molecule has 1 aromatic rings. The molecule has 2 unspecified atom stereocenters. The number of amides is 4. The van der Waals surface area contributed by atoms with Crippen LogP contribution in [0.4, 0.5) is 0 Å². The van der Waals surface area contributed by atoms with E-state index in [-0.39, 0.29) is 48.9 Å². The number of ether oxygens (including phenoxy) is 3. The third-order valence-electron chi connectivity index (χ3n) is 10.2. The lowest BCUT2D eigenvalue weighted by Gasteiger charge is -2.39. The third-order valence-corrected chi connectivity index (χ3v) is 10.2. The summed E-state index contributed by atoms with van der Waals surface area (Å²) in [5.41, 5.74) is 0.644. The Kier molecular flexibility index (Phi) is 17.8. The van der Waals surface area contributed by atoms with E-state index in [0.29, 0.717) is 30.7 Å². The Morgan fingerprint density at radius 2 is 1.69 bits per heavy atom. The summed E-state index contributed by atoms with van der Waals surface area (Å²) in [6, 6.07) is 4.50. The summed E-state index contributed by atoms with van der Waals surface area (Å²) in [5.74, 6) is -2.70. The Balaban J connectivity index is 2.19. The number of carboxylic acids is 1. The molecule has 1 heterocycles. The van der Waals surface area contributed by atoms with E-state index in [0.717, 1.165) is 6.42 Å². The number of carboxylic acid groups (broad SMARTS) is 1. The number of rotatable bonds is 21. The average molecular weight is 720 g/mol. The van der Waals surface area contributed by atoms with Gasteiger partial charge in [0.1, 0.15) is 11.8 Å². The lowest BCUT2D eigenvalue weighted by atomic mass is 9.90. The van der Waals surface area contributed by atoms with Gasteiger partial charge in [-0.15, -0.1) is 0 Å². The SMILES string of the molecule is CC[C@H](C)[C@@H](C(CC(=O)N1CCC[C@H]1C(OC)[C@@H](C)C(=O)N[C@@H](Cc1ccccc1OC)C(=O)O)OC)N(C)C(=O)CNC(=O)[C@@H](NC)C(C)C. The van der Waals surface area contributed by atoms with Crippen LogP contribution < -0.4 is 20.7 Å². The van der Waals surface area contributed by atoms with Crippen molar-refractivity contribution in [1.82, 2.24) is 25.8 Å². The van der Waals surface area contributed by atoms with Crippen LogP contribution in [0.3, 0.4) is 0 Å². The van der Waals surface area contributed by atoms with E-state index < -0.39 is 54.2 Å². The highest BCUT2D eigenvalue weighted by Gasteiger charge is 2.42. The highest BCUT2D eigenvalue weighted by molar-refractivity contribution is 5.88. The second-order valence-corrected chi connectivity index (χ2v) is 13.8. The fourth-order valence-corrected chi connectivity index (χ4v) is 7.08. The van der Waals surface area contributed by atoms with Crippen molar-refractivity contribution in [2.24, 2.45) is 17.8 Å². The van der Waals surface area contributed by atoms with Gasteiger partial charge >= 0.3 is 5.97 Å². The molecule has 1 aliphatic heterocycles. The molecule has 288 valence electrons. The van der Waals surface area contributed by atoms with Crippen LogP contribution in [0.25, 0.3) is 0 Å². The van der Waals surface area contributed by atoms with Crippen LogP contribution >= 0.6 is 0 Å². The van der Waals surface area contributed by atoms with Crippen molar-refractivity contribution in [2.45, 2.75) is 103 Å². The summed E-state index contributed by atoms with van der Waals surface area (Å²) in [4.78, 5) is 69.0. The molecule has 0 bridgehead atoms. The molecule has 8 atom stereocenters. The molecule has 0 aliphatic carbocycles. The number of aliphatic carboxylic acids is 1. The molecule has 0 saturated carbocycles. The van der Waals surface area contributed by atoms with Crippen LogP contribution in [0.5, 0.6) is 5.75 Å². The molecule has 0 aromatic heterocycles. The van der Waals surface area contributed by atoms with Crippen molar-refractivity contribution < 1.29 is 43.3 Å². The van der Waals surface area contributed by atoms with E-state index in [1.807, 2.05) is 27.7 Å². The van der Waals surface area contributed by atoms with E-state index >= 15 is 0 Å². The number of hydrogen-bond acceptors (Lipinski definition) is 9. The Labute approximate surface area is 303 Å². The fourth-order valence-electron chi connectivity index (χ4n) is 7.08. The summed E-state index contributed by atoms with van der Waals surface area (Å²) >= 11 is 0. The summed E-state index contributed by atoms with van der Waals surface area (Å²) < 4.78 is 17.1. The minimum atomic E-state index is -1.21. The number of carbonyl (C=O) groups excluding carboxylic acids is 4. The molecule has 14 heteroatoms. The molecule has 4 amide bonds. The zero-order chi connectivity index (χ0) is 38.4. The molecule has 0 spiro atoms. The minimum Gasteiger partial charge on any atom is -0.496 e. The number of methoxy groups -OCH3 is 3. The van der Waals surface area contributed by atoms with Crippen LogP contribution in [0.15, 0.2) is 24.3 Å². The molecule has 1 saturated heterocycles. The van der Waals surface area contributed by atoms with Gasteiger partial charge in [-0.05, 0) is 43.4 Å². The van der Waals surface area contributed by atoms with Gasteiger partial charge in [0.2, 0.25) is 23.6 Å². The lowest BCUT2D eigenvalue weighted by Crippen LogP contribution is -2.55. The van der Waals surface area contributed by atoms with Gasteiger partial charge in [-0.1, -0.05) is 59.2 Å². The van der Waals surface area contributed by atoms with Gasteiger partial charge in [0, 0.05) is 34.2 Å². The summed E-state index contributed by atoms with van der Waals surface area (Å²) in [6.45, 7) is 9.77. The van der Waals surface area contributed by atoms with Crippen LogP contribution in [0, 0.1) is 17.8 Å². The predicted molar refractivity (Wildman–Crippen MR) is 193 cm³/mol. The maximum absolute atomic E-state index is 14.0. The van der Waals surface area contributed by atoms with Crippen molar-refractivity contribution in [1.29, 1.82) is 0 Å². The van der Waals surface area contributed by atoms with Crippen LogP contribution in [-0.2, 0) is 39.9 Å². The molecule has 1 fully saturated rings. The van der Waals surface area contributed by atoms with Gasteiger partial charge in [-0.3, -0.25) is 19.2 Å². The lowest BCUT2D eigenvalue weighted by molar-refractivity contribution is -0.147. The van der Waals surface area contributed by atoms with E-state index in [9.17, 15) is 29.1 Å². The molecule has 0 radical (unpaired) electrons. The van der Waals surface area contributed by atoms with E-state index in [4.69, 9.17) is 14.2 Å². The van der Waals surface area contributed by atoms with Crippen molar-refractivity contribution in [3.8, 4) is 5.75 Å². The van der Waals surface area contributed by atoms with E-state index in [1.165, 1.54) is 21.3 Å². The number of nitrogens with one attached hydrogen (secondary N) is 3. The molecule has 2 rings (SSSR count). The summed E-state index contributed by atoms with van der Waals surface area (Å²) in [5, 5.41) is 18.3. The Hall–Kier alpha value is -3.75. The maximum Gasteiger partial charge on any atom is 0.326 e. The van der Waals surface area contributed by atoms with E-state index in [2.05, 4.69) is 16.0 Å². The highest BCUT2D eigenvalue weighted by atomic mass is 16.5. The largest absolute Gasteiger partial charge is 0.496 e. The third kappa shape index (κ3) is 11.6. The van der Waals surface area contributed by atoms with E-state index in [1.54, 1.807) is 55.1 Å². The van der Waals surface area contributed by atoms with Gasteiger partial charge < -0.3 is 45.1 Å². The molecule has 1 aromatic carbocycles. The van der Waals surface area contributed by atoms with Crippen molar-refractivity contribution in [2.75, 3.05) is 48.5 Å². The van der Waals surface area contributed by atoms with Gasteiger partial charge in [-0.25, -0.2) is 4.79 Å². The Morgan fingerprint density at radius 3 is 2.24 bits per heavy atom. The fraction of sp³-hybridized carbons (Fsp3) is 0.703. The van der Waals surface area contributed by atoms with Gasteiger partial charge in [-0.2, -0.15) is 0 Å². The van der Waals surface area contributed by atoms with Crippen LogP contribution in [0.2, 0.25) is 0 Å². The zero-order valence-electron chi connectivity index (χ0n) is 32.1. The minimum absolute atomic E-state index is 0.0157. The predicted octanol–water partition coefficient (Wildman–Crippen LogP) is 2.09. The maximum atomic E-state index is 14.0. The van der Waals surface area contributed by atoms with Crippen molar-refractivity contribution in [3.05, 3.63) is 29.8 Å². The number of benzene rings is 1. The number of para-hydroxylation sites is 1. The molecule has 1 aliphatic rings. The molecular weight excluding hydrogens is 658 g/mol. The number of hydrogen-bond donors (Lipinski definition) is 4. The zero-order valence-corrected chi connectivity index (χ0v) is 32.1. The first-order valence-corrected chi connectivity index (χ1v) is 17.9. The number of likely N-dealkylation sites (N-methyl/N-ethyl adjacent to an activating group) is 2. The number of likely N-dealkylation sites (tertiary alicyclic amines) is 1. The quantitative estimate of drug-likeness (QED) is 0.147. The Morgan fingerprint density at radius 1 is 1.02 bits per heavy atom. The number of nitrogens with zero attached hydrogens (tertiary/aromatic N) is 2. The second-order valence-electron chi connectivity index (χ2n) is 13.8. The average Bonchev–Trinajstić information content (AvgIpc) is 3.59. The summed E-state index contributed by atoms with van der Waals surface area (Å²) in [6.07, 6.45) is 0.673. The molecule has 14 nitrogen and oxygen atoms in total. The van der Waals surface area contributed by atoms with Gasteiger partial charge in [0.05, 0.1) is 56.3 Å². The second kappa shape index (κ2) is 20.9. The van der Waals surface area contributed by atoms with Crippen molar-refractivity contribution >= 4 is 29.6 Å². The topological polar surface area (TPSA) is 176 Å². The monoisotopic (exact) mass is 719 g/mol. The van der Waals surface area contributed by atoms with Crippen molar-refractivity contribution in [3.63, 3.8) is 0 Å². The normalized spacial score (nSPS) is 18.6. The first-order chi connectivity index (χ1) is 24.2. The Bertz CT molecular complexity index is 1310. The smallest absolute Gasteiger partial charge is 0.326 e.